The molecular formula is C35H24N6Na4O17S4. The number of urea groups is 1. The molecule has 0 aromatic heterocycles. The third-order valence-corrected chi connectivity index (χ3v) is 12.0. The summed E-state index contributed by atoms with van der Waals surface area (Å²) in [6.07, 6.45) is 1.64. The van der Waals surface area contributed by atoms with Crippen molar-refractivity contribution in [3.05, 3.63) is 105 Å². The predicted molar refractivity (Wildman–Crippen MR) is 214 cm³/mol. The van der Waals surface area contributed by atoms with E-state index in [4.69, 9.17) is 9.47 Å². The molecule has 4 N–H and O–H groups in total. The van der Waals surface area contributed by atoms with E-state index in [1.807, 2.05) is 0 Å². The summed E-state index contributed by atoms with van der Waals surface area (Å²) in [6, 6.07) is 11.8. The number of nitrogens with one attached hydrogen (secondary N) is 4. The van der Waals surface area contributed by atoms with Gasteiger partial charge in [0.05, 0.1) is 45.2 Å². The number of rotatable bonds is 12. The molecule has 2 aliphatic carbocycles. The van der Waals surface area contributed by atoms with E-state index in [-0.39, 0.29) is 175 Å². The second-order valence-corrected chi connectivity index (χ2v) is 18.0. The summed E-state index contributed by atoms with van der Waals surface area (Å²) in [6.45, 7) is 0. The number of hydrogen-bond acceptors (Lipinski definition) is 21. The van der Waals surface area contributed by atoms with Crippen molar-refractivity contribution in [1.29, 1.82) is 0 Å². The Kier molecular flexibility index (Phi) is 20.8. The van der Waals surface area contributed by atoms with Crippen LogP contribution in [0.3, 0.4) is 0 Å². The third kappa shape index (κ3) is 13.7. The number of amides is 2. The minimum atomic E-state index is -5.39. The number of carbonyl (C=O) groups is 3. The zero-order valence-corrected chi connectivity index (χ0v) is 46.3. The van der Waals surface area contributed by atoms with Crippen LogP contribution < -0.4 is 149 Å². The first kappa shape index (κ1) is 59.3. The van der Waals surface area contributed by atoms with Crippen molar-refractivity contribution in [2.75, 3.05) is 35.7 Å². The summed E-state index contributed by atoms with van der Waals surface area (Å²) in [5.41, 5.74) is 2.03. The number of carbonyl (C=O) groups excluding carboxylic acids is 3. The smallest absolute Gasteiger partial charge is 0.744 e. The normalized spacial score (nSPS) is 14.6. The van der Waals surface area contributed by atoms with Gasteiger partial charge in [0.15, 0.2) is 0 Å². The summed E-state index contributed by atoms with van der Waals surface area (Å²) in [5.74, 6) is -2.57. The van der Waals surface area contributed by atoms with Crippen molar-refractivity contribution in [3.63, 3.8) is 0 Å². The van der Waals surface area contributed by atoms with Crippen molar-refractivity contribution >= 4 is 104 Å². The second-order valence-electron chi connectivity index (χ2n) is 12.5. The van der Waals surface area contributed by atoms with Gasteiger partial charge in [0.25, 0.3) is 0 Å². The molecule has 4 aromatic rings. The van der Waals surface area contributed by atoms with Crippen LogP contribution in [-0.4, -0.2) is 95.1 Å². The van der Waals surface area contributed by atoms with Gasteiger partial charge < -0.3 is 38.3 Å². The van der Waals surface area contributed by atoms with Gasteiger partial charge in [-0.2, -0.15) is 10.2 Å². The number of ether oxygens (including phenoxy) is 2. The Labute approximate surface area is 464 Å². The van der Waals surface area contributed by atoms with E-state index in [0.29, 0.717) is 0 Å². The van der Waals surface area contributed by atoms with Crippen LogP contribution in [0, 0.1) is 0 Å². The Morgan fingerprint density at radius 3 is 1.17 bits per heavy atom. The van der Waals surface area contributed by atoms with E-state index in [0.717, 1.165) is 74.9 Å². The van der Waals surface area contributed by atoms with E-state index >= 15 is 0 Å². The molecule has 4 aromatic carbocycles. The number of allylic oxidation sites excluding steroid dienone is 2. The van der Waals surface area contributed by atoms with Crippen molar-refractivity contribution in [3.8, 4) is 11.5 Å². The largest absolute Gasteiger partial charge is 1.00 e. The molecule has 0 radical (unpaired) electrons. The molecule has 2 amide bonds. The number of fused-ring (bicyclic) bond motifs is 2. The molecule has 0 atom stereocenters. The van der Waals surface area contributed by atoms with Gasteiger partial charge in [-0.3, -0.25) is 20.4 Å². The zero-order chi connectivity index (χ0) is 45.5. The van der Waals surface area contributed by atoms with Gasteiger partial charge in [-0.25, -0.2) is 38.5 Å². The first-order chi connectivity index (χ1) is 28.9. The van der Waals surface area contributed by atoms with Crippen LogP contribution in [0.1, 0.15) is 31.8 Å². The van der Waals surface area contributed by atoms with Crippen LogP contribution in [0.5, 0.6) is 11.5 Å². The average Bonchev–Trinajstić information content (AvgIpc) is 3.18. The van der Waals surface area contributed by atoms with Crippen molar-refractivity contribution in [2.24, 2.45) is 10.2 Å². The van der Waals surface area contributed by atoms with Gasteiger partial charge in [-0.15, -0.1) is 0 Å². The minimum absolute atomic E-state index is 0. The van der Waals surface area contributed by atoms with E-state index in [1.54, 1.807) is 0 Å². The van der Waals surface area contributed by atoms with Crippen LogP contribution >= 0.6 is 0 Å². The number of anilines is 4. The molecule has 66 heavy (non-hydrogen) atoms. The molecule has 0 bridgehead atoms. The number of hydrazone groups is 2. The second kappa shape index (κ2) is 23.2. The van der Waals surface area contributed by atoms with E-state index in [1.165, 1.54) is 24.3 Å². The molecule has 31 heteroatoms. The number of ketones is 2. The number of methoxy groups -OCH3 is 2. The van der Waals surface area contributed by atoms with E-state index in [2.05, 4.69) is 31.7 Å². The zero-order valence-electron chi connectivity index (χ0n) is 35.1. The Balaban J connectivity index is 0.00000374. The predicted octanol–water partition coefficient (Wildman–Crippen LogP) is -9.73. The van der Waals surface area contributed by atoms with Gasteiger partial charge >= 0.3 is 124 Å². The fourth-order valence-electron chi connectivity index (χ4n) is 5.79. The molecule has 6 rings (SSSR count). The molecular weight excluding hydrogens is 997 g/mol. The average molecular weight is 1020 g/mol. The Hall–Kier alpha value is -2.85. The maximum Gasteiger partial charge on any atom is 1.00 e. The fourth-order valence-corrected chi connectivity index (χ4v) is 8.05. The Morgan fingerprint density at radius 2 is 0.864 bits per heavy atom. The summed E-state index contributed by atoms with van der Waals surface area (Å²) in [5, 5.41) is 12.4. The topological polar surface area (TPSA) is 371 Å². The summed E-state index contributed by atoms with van der Waals surface area (Å²) in [7, 11) is -18.3. The maximum atomic E-state index is 13.4. The molecule has 0 saturated heterocycles. The SMILES string of the molecule is COc1cc(S(=O)(=O)[O-])ccc1NN=C1C(=O)c2ccc(NC(=O)Nc3ccc4c(c3)C=C(S(=O)(=O)[O-])C(=NNc3ccc(S(=O)(=O)[O-])cc3OC)C4=O)cc2C=C1S(=O)(=O)[O-].[Na+].[Na+].[Na+].[Na+]. The van der Waals surface area contributed by atoms with Gasteiger partial charge in [0, 0.05) is 22.5 Å². The maximum absolute atomic E-state index is 13.4. The molecule has 324 valence electrons. The van der Waals surface area contributed by atoms with Gasteiger partial charge in [-0.05, 0) is 96.1 Å². The van der Waals surface area contributed by atoms with Crippen molar-refractivity contribution in [2.45, 2.75) is 9.79 Å². The molecule has 0 unspecified atom stereocenters. The third-order valence-electron chi connectivity index (χ3n) is 8.62. The monoisotopic (exact) mass is 1020 g/mol. The Bertz CT molecular complexity index is 3030. The van der Waals surface area contributed by atoms with Crippen LogP contribution in [-0.2, 0) is 40.5 Å². The molecule has 0 fully saturated rings. The number of benzene rings is 4. The van der Waals surface area contributed by atoms with E-state index < -0.39 is 89.1 Å². The number of hydrogen-bond donors (Lipinski definition) is 4. The van der Waals surface area contributed by atoms with Crippen LogP contribution in [0.2, 0.25) is 0 Å². The summed E-state index contributed by atoms with van der Waals surface area (Å²) in [4.78, 5) is 36.4. The summed E-state index contributed by atoms with van der Waals surface area (Å²) >= 11 is 0. The quantitative estimate of drug-likeness (QED) is 0.0581. The Morgan fingerprint density at radius 1 is 0.515 bits per heavy atom. The molecule has 0 heterocycles. The van der Waals surface area contributed by atoms with Crippen LogP contribution in [0.15, 0.2) is 103 Å². The first-order valence-corrected chi connectivity index (χ1v) is 22.3. The van der Waals surface area contributed by atoms with Crippen molar-refractivity contribution < 1.29 is 194 Å². The van der Waals surface area contributed by atoms with Crippen molar-refractivity contribution in [1.82, 2.24) is 0 Å². The van der Waals surface area contributed by atoms with E-state index in [9.17, 15) is 66.3 Å². The first-order valence-electron chi connectivity index (χ1n) is 16.7. The molecule has 0 spiro atoms. The molecule has 2 aliphatic rings. The van der Waals surface area contributed by atoms with Crippen LogP contribution in [0.4, 0.5) is 27.5 Å². The molecule has 23 nitrogen and oxygen atoms in total. The molecule has 0 aliphatic heterocycles. The van der Waals surface area contributed by atoms with Crippen LogP contribution in [0.25, 0.3) is 12.2 Å². The van der Waals surface area contributed by atoms with Gasteiger partial charge in [-0.1, -0.05) is 0 Å². The standard InChI is InChI=1S/C35H28N6O17S4.4Na/c1-57-27-15-21(59(45,46)47)5-9-25(27)38-40-31-29(61(51,52)53)13-17-11-19(3-7-23(17)33(31)42)36-35(44)37-20-4-8-24-18(12-20)14-30(62(54,55)56)32(34(24)43)41-39-26-10-6-22(60(48,49)50)16-28(26)58-2;;;;/h3-16,38-39H,1-2H3,(H2,36,37,44)(H,45,46,47)(H,48,49,50)(H,51,52,53)(H,54,55,56);;;;/q;4*+1/p-4. The molecule has 0 saturated carbocycles. The number of Topliss-reactive ketones (excluding diaryl/α,β-unsaturated/α-hetero) is 2. The number of nitrogens with zero attached hydrogens (tertiary/aromatic N) is 2. The van der Waals surface area contributed by atoms with Gasteiger partial charge in [0.1, 0.15) is 63.4 Å². The van der Waals surface area contributed by atoms with Gasteiger partial charge in [0.2, 0.25) is 11.6 Å². The fraction of sp³-hybridized carbons (Fsp3) is 0.0571. The summed E-state index contributed by atoms with van der Waals surface area (Å²) < 4.78 is 152. The minimum Gasteiger partial charge on any atom is -0.744 e.